The fraction of sp³-hybridized carbons (Fsp3) is 0.600. The Labute approximate surface area is 124 Å². The van der Waals surface area contributed by atoms with Crippen LogP contribution in [0.15, 0.2) is 24.3 Å². The standard InChI is InChI=1S/C15H22ClNO3/c16-13-5-1-2-7-15(13)20-10-12(19)8-17-14-6-3-4-11(14)9-18/h1-2,5,7,11-12,14,17-19H,3-4,6,8-10H2. The molecular weight excluding hydrogens is 278 g/mol. The number of benzene rings is 1. The van der Waals surface area contributed by atoms with Crippen molar-refractivity contribution in [3.63, 3.8) is 0 Å². The van der Waals surface area contributed by atoms with Crippen LogP contribution in [-0.4, -0.2) is 42.1 Å². The van der Waals surface area contributed by atoms with E-state index in [2.05, 4.69) is 5.32 Å². The maximum Gasteiger partial charge on any atom is 0.138 e. The summed E-state index contributed by atoms with van der Waals surface area (Å²) in [6.45, 7) is 0.878. The Morgan fingerprint density at radius 2 is 2.15 bits per heavy atom. The van der Waals surface area contributed by atoms with Crippen molar-refractivity contribution in [1.29, 1.82) is 0 Å². The molecule has 4 nitrogen and oxygen atoms in total. The summed E-state index contributed by atoms with van der Waals surface area (Å²) in [7, 11) is 0. The van der Waals surface area contributed by atoms with Gasteiger partial charge in [0.25, 0.3) is 0 Å². The van der Waals surface area contributed by atoms with Crippen LogP contribution >= 0.6 is 11.6 Å². The summed E-state index contributed by atoms with van der Waals surface area (Å²) >= 11 is 5.98. The van der Waals surface area contributed by atoms with Crippen LogP contribution in [0, 0.1) is 5.92 Å². The zero-order valence-corrected chi connectivity index (χ0v) is 12.2. The third kappa shape index (κ3) is 4.35. The van der Waals surface area contributed by atoms with E-state index in [1.807, 2.05) is 12.1 Å². The Bertz CT molecular complexity index is 416. The fourth-order valence-electron chi connectivity index (χ4n) is 2.62. The Kier molecular flexibility index (Phi) is 6.10. The molecule has 0 spiro atoms. The van der Waals surface area contributed by atoms with Crippen LogP contribution in [0.4, 0.5) is 0 Å². The van der Waals surface area contributed by atoms with Crippen LogP contribution in [0.1, 0.15) is 19.3 Å². The molecule has 0 saturated heterocycles. The predicted molar refractivity (Wildman–Crippen MR) is 79.2 cm³/mol. The molecule has 20 heavy (non-hydrogen) atoms. The minimum absolute atomic E-state index is 0.202. The van der Waals surface area contributed by atoms with E-state index in [0.29, 0.717) is 29.3 Å². The smallest absolute Gasteiger partial charge is 0.138 e. The van der Waals surface area contributed by atoms with Crippen LogP contribution < -0.4 is 10.1 Å². The zero-order chi connectivity index (χ0) is 14.4. The van der Waals surface area contributed by atoms with Gasteiger partial charge >= 0.3 is 0 Å². The third-order valence-electron chi connectivity index (χ3n) is 3.78. The van der Waals surface area contributed by atoms with E-state index in [-0.39, 0.29) is 13.2 Å². The van der Waals surface area contributed by atoms with E-state index in [0.717, 1.165) is 19.3 Å². The molecular formula is C15H22ClNO3. The van der Waals surface area contributed by atoms with Crippen LogP contribution in [-0.2, 0) is 0 Å². The van der Waals surface area contributed by atoms with Crippen LogP contribution in [0.2, 0.25) is 5.02 Å². The maximum atomic E-state index is 9.93. The average Bonchev–Trinajstić information content (AvgIpc) is 2.91. The summed E-state index contributed by atoms with van der Waals surface area (Å²) in [5.74, 6) is 0.897. The summed E-state index contributed by atoms with van der Waals surface area (Å²) in [6, 6.07) is 7.51. The molecule has 0 aromatic heterocycles. The van der Waals surface area contributed by atoms with Crippen molar-refractivity contribution in [3.8, 4) is 5.75 Å². The van der Waals surface area contributed by atoms with Gasteiger partial charge in [0, 0.05) is 19.2 Å². The van der Waals surface area contributed by atoms with Crippen LogP contribution in [0.5, 0.6) is 5.75 Å². The van der Waals surface area contributed by atoms with E-state index in [1.165, 1.54) is 0 Å². The Hall–Kier alpha value is -0.810. The second-order valence-corrected chi connectivity index (χ2v) is 5.69. The minimum Gasteiger partial charge on any atom is -0.489 e. The molecule has 2 rings (SSSR count). The molecule has 1 aliphatic rings. The van der Waals surface area contributed by atoms with Crippen molar-refractivity contribution in [2.75, 3.05) is 19.8 Å². The van der Waals surface area contributed by atoms with Crippen molar-refractivity contribution < 1.29 is 14.9 Å². The summed E-state index contributed by atoms with van der Waals surface area (Å²) in [5, 5.41) is 23.0. The van der Waals surface area contributed by atoms with Gasteiger partial charge in [-0.2, -0.15) is 0 Å². The molecule has 5 heteroatoms. The molecule has 3 atom stereocenters. The largest absolute Gasteiger partial charge is 0.489 e. The Morgan fingerprint density at radius 1 is 1.35 bits per heavy atom. The number of aliphatic hydroxyl groups is 2. The molecule has 0 radical (unpaired) electrons. The molecule has 0 aliphatic heterocycles. The van der Waals surface area contributed by atoms with E-state index in [1.54, 1.807) is 12.1 Å². The van der Waals surface area contributed by atoms with E-state index in [9.17, 15) is 10.2 Å². The Morgan fingerprint density at radius 3 is 2.90 bits per heavy atom. The second kappa shape index (κ2) is 7.84. The molecule has 0 bridgehead atoms. The lowest BCUT2D eigenvalue weighted by Gasteiger charge is -2.21. The number of para-hydroxylation sites is 1. The van der Waals surface area contributed by atoms with Gasteiger partial charge in [-0.25, -0.2) is 0 Å². The zero-order valence-electron chi connectivity index (χ0n) is 11.5. The predicted octanol–water partition coefficient (Wildman–Crippen LogP) is 1.83. The van der Waals surface area contributed by atoms with Crippen molar-refractivity contribution in [3.05, 3.63) is 29.3 Å². The van der Waals surface area contributed by atoms with Gasteiger partial charge < -0.3 is 20.3 Å². The molecule has 3 unspecified atom stereocenters. The SMILES string of the molecule is OCC1CCCC1NCC(O)COc1ccccc1Cl. The first-order chi connectivity index (χ1) is 9.70. The quantitative estimate of drug-likeness (QED) is 0.719. The van der Waals surface area contributed by atoms with Gasteiger partial charge in [-0.15, -0.1) is 0 Å². The van der Waals surface area contributed by atoms with Crippen molar-refractivity contribution >= 4 is 11.6 Å². The molecule has 1 fully saturated rings. The first kappa shape index (κ1) is 15.6. The summed E-state index contributed by atoms with van der Waals surface area (Å²) in [6.07, 6.45) is 2.66. The van der Waals surface area contributed by atoms with Crippen molar-refractivity contribution in [2.24, 2.45) is 5.92 Å². The topological polar surface area (TPSA) is 61.7 Å². The van der Waals surface area contributed by atoms with Gasteiger partial charge in [0.2, 0.25) is 0 Å². The van der Waals surface area contributed by atoms with Gasteiger partial charge in [-0.1, -0.05) is 30.2 Å². The molecule has 112 valence electrons. The lowest BCUT2D eigenvalue weighted by Crippen LogP contribution is -2.40. The fourth-order valence-corrected chi connectivity index (χ4v) is 2.81. The second-order valence-electron chi connectivity index (χ2n) is 5.28. The minimum atomic E-state index is -0.591. The van der Waals surface area contributed by atoms with Gasteiger partial charge in [-0.05, 0) is 30.9 Å². The van der Waals surface area contributed by atoms with Crippen molar-refractivity contribution in [1.82, 2.24) is 5.32 Å². The monoisotopic (exact) mass is 299 g/mol. The molecule has 0 heterocycles. The number of ether oxygens (including phenoxy) is 1. The number of hydrogen-bond donors (Lipinski definition) is 3. The lowest BCUT2D eigenvalue weighted by atomic mass is 10.1. The molecule has 1 saturated carbocycles. The lowest BCUT2D eigenvalue weighted by molar-refractivity contribution is 0.0992. The van der Waals surface area contributed by atoms with Gasteiger partial charge in [0.1, 0.15) is 18.5 Å². The van der Waals surface area contributed by atoms with Gasteiger partial charge in [0.05, 0.1) is 5.02 Å². The third-order valence-corrected chi connectivity index (χ3v) is 4.09. The van der Waals surface area contributed by atoms with Gasteiger partial charge in [-0.3, -0.25) is 0 Å². The summed E-state index contributed by atoms with van der Waals surface area (Å²) in [5.41, 5.74) is 0. The number of hydrogen-bond acceptors (Lipinski definition) is 4. The summed E-state index contributed by atoms with van der Waals surface area (Å²) in [4.78, 5) is 0. The Balaban J connectivity index is 1.70. The van der Waals surface area contributed by atoms with E-state index in [4.69, 9.17) is 16.3 Å². The highest BCUT2D eigenvalue weighted by Gasteiger charge is 2.26. The number of nitrogens with one attached hydrogen (secondary N) is 1. The first-order valence-electron chi connectivity index (χ1n) is 7.10. The molecule has 3 N–H and O–H groups in total. The van der Waals surface area contributed by atoms with Crippen LogP contribution in [0.25, 0.3) is 0 Å². The van der Waals surface area contributed by atoms with E-state index < -0.39 is 6.10 Å². The number of aliphatic hydroxyl groups excluding tert-OH is 2. The molecule has 0 amide bonds. The maximum absolute atomic E-state index is 9.93. The van der Waals surface area contributed by atoms with Gasteiger partial charge in [0.15, 0.2) is 0 Å². The number of halogens is 1. The molecule has 1 aromatic rings. The molecule has 1 aromatic carbocycles. The normalized spacial score (nSPS) is 23.8. The number of rotatable bonds is 7. The highest BCUT2D eigenvalue weighted by Crippen LogP contribution is 2.25. The average molecular weight is 300 g/mol. The summed E-state index contributed by atoms with van der Waals surface area (Å²) < 4.78 is 5.50. The highest BCUT2D eigenvalue weighted by molar-refractivity contribution is 6.32. The first-order valence-corrected chi connectivity index (χ1v) is 7.48. The van der Waals surface area contributed by atoms with E-state index >= 15 is 0 Å². The molecule has 1 aliphatic carbocycles. The highest BCUT2D eigenvalue weighted by atomic mass is 35.5. The van der Waals surface area contributed by atoms with Crippen LogP contribution in [0.3, 0.4) is 0 Å². The van der Waals surface area contributed by atoms with Crippen molar-refractivity contribution in [2.45, 2.75) is 31.4 Å².